The van der Waals surface area contributed by atoms with Gasteiger partial charge in [-0.05, 0) is 32.4 Å². The fraction of sp³-hybridized carbons (Fsp3) is 0.786. The molecule has 1 saturated carbocycles. The summed E-state index contributed by atoms with van der Waals surface area (Å²) in [5.41, 5.74) is 2.37. The molecule has 0 aliphatic heterocycles. The largest absolute Gasteiger partial charge is 0.391 e. The van der Waals surface area contributed by atoms with Crippen LogP contribution in [0.3, 0.4) is 0 Å². The second-order valence-electron chi connectivity index (χ2n) is 5.44. The van der Waals surface area contributed by atoms with Gasteiger partial charge in [0.25, 0.3) is 0 Å². The SMILES string of the molecule is CCc1cc(CN(C)C2CCCCC2O)n(C)n1. The van der Waals surface area contributed by atoms with E-state index >= 15 is 0 Å². The molecular formula is C14H25N3O. The minimum Gasteiger partial charge on any atom is -0.391 e. The molecule has 4 nitrogen and oxygen atoms in total. The molecule has 1 aromatic rings. The van der Waals surface area contributed by atoms with Gasteiger partial charge in [-0.2, -0.15) is 5.10 Å². The number of aliphatic hydroxyl groups is 1. The molecule has 0 bridgehead atoms. The molecule has 0 amide bonds. The molecule has 0 aromatic carbocycles. The van der Waals surface area contributed by atoms with Crippen LogP contribution in [0.2, 0.25) is 0 Å². The van der Waals surface area contributed by atoms with E-state index in [0.717, 1.165) is 37.9 Å². The maximum absolute atomic E-state index is 10.1. The zero-order valence-corrected chi connectivity index (χ0v) is 11.8. The van der Waals surface area contributed by atoms with Crippen molar-refractivity contribution in [3.05, 3.63) is 17.5 Å². The first-order valence-corrected chi connectivity index (χ1v) is 7.02. The molecule has 0 saturated heterocycles. The van der Waals surface area contributed by atoms with Crippen LogP contribution < -0.4 is 0 Å². The van der Waals surface area contributed by atoms with E-state index in [1.807, 2.05) is 11.7 Å². The molecule has 1 aliphatic carbocycles. The molecule has 2 rings (SSSR count). The molecule has 1 aromatic heterocycles. The predicted octanol–water partition coefficient (Wildman–Crippen LogP) is 1.72. The minimum atomic E-state index is -0.164. The fourth-order valence-electron chi connectivity index (χ4n) is 2.87. The summed E-state index contributed by atoms with van der Waals surface area (Å²) < 4.78 is 1.96. The Balaban J connectivity index is 2.01. The van der Waals surface area contributed by atoms with Gasteiger partial charge in [-0.15, -0.1) is 0 Å². The smallest absolute Gasteiger partial charge is 0.0695 e. The lowest BCUT2D eigenvalue weighted by molar-refractivity contribution is 0.0279. The van der Waals surface area contributed by atoms with Crippen LogP contribution in [0.1, 0.15) is 44.0 Å². The van der Waals surface area contributed by atoms with Crippen LogP contribution >= 0.6 is 0 Å². The standard InChI is InChI=1S/C14H25N3O/c1-4-11-9-12(17(3)15-11)10-16(2)13-7-5-6-8-14(13)18/h9,13-14,18H,4-8,10H2,1-3H3. The summed E-state index contributed by atoms with van der Waals surface area (Å²) in [7, 11) is 4.11. The van der Waals surface area contributed by atoms with Crippen molar-refractivity contribution in [1.82, 2.24) is 14.7 Å². The van der Waals surface area contributed by atoms with Crippen molar-refractivity contribution in [2.45, 2.75) is 57.7 Å². The quantitative estimate of drug-likeness (QED) is 0.886. The lowest BCUT2D eigenvalue weighted by atomic mass is 9.91. The monoisotopic (exact) mass is 251 g/mol. The van der Waals surface area contributed by atoms with E-state index in [4.69, 9.17) is 0 Å². The summed E-state index contributed by atoms with van der Waals surface area (Å²) >= 11 is 0. The molecule has 0 spiro atoms. The van der Waals surface area contributed by atoms with E-state index in [1.165, 1.54) is 12.1 Å². The number of aliphatic hydroxyl groups excluding tert-OH is 1. The third-order valence-corrected chi connectivity index (χ3v) is 4.06. The van der Waals surface area contributed by atoms with Gasteiger partial charge in [-0.1, -0.05) is 19.8 Å². The Morgan fingerprint density at radius 2 is 2.17 bits per heavy atom. The Morgan fingerprint density at radius 1 is 1.44 bits per heavy atom. The van der Waals surface area contributed by atoms with Crippen LogP contribution in [-0.4, -0.2) is 39.0 Å². The first kappa shape index (κ1) is 13.6. The van der Waals surface area contributed by atoms with Crippen molar-refractivity contribution in [1.29, 1.82) is 0 Å². The van der Waals surface area contributed by atoms with Crippen LogP contribution in [0.5, 0.6) is 0 Å². The van der Waals surface area contributed by atoms with Gasteiger partial charge in [0.1, 0.15) is 0 Å². The molecule has 18 heavy (non-hydrogen) atoms. The number of rotatable bonds is 4. The van der Waals surface area contributed by atoms with E-state index in [9.17, 15) is 5.11 Å². The molecule has 1 aliphatic rings. The molecular weight excluding hydrogens is 226 g/mol. The van der Waals surface area contributed by atoms with Crippen molar-refractivity contribution in [3.8, 4) is 0 Å². The van der Waals surface area contributed by atoms with Gasteiger partial charge in [0.05, 0.1) is 17.5 Å². The highest BCUT2D eigenvalue weighted by molar-refractivity contribution is 5.10. The Morgan fingerprint density at radius 3 is 2.78 bits per heavy atom. The first-order valence-electron chi connectivity index (χ1n) is 7.02. The van der Waals surface area contributed by atoms with E-state index in [-0.39, 0.29) is 6.10 Å². The van der Waals surface area contributed by atoms with Crippen LogP contribution in [0.4, 0.5) is 0 Å². The highest BCUT2D eigenvalue weighted by Crippen LogP contribution is 2.23. The van der Waals surface area contributed by atoms with E-state index < -0.39 is 0 Å². The second kappa shape index (κ2) is 5.85. The third-order valence-electron chi connectivity index (χ3n) is 4.06. The zero-order chi connectivity index (χ0) is 13.1. The molecule has 2 unspecified atom stereocenters. The molecule has 0 radical (unpaired) electrons. The average molecular weight is 251 g/mol. The van der Waals surface area contributed by atoms with Gasteiger partial charge in [-0.3, -0.25) is 9.58 Å². The van der Waals surface area contributed by atoms with E-state index in [1.54, 1.807) is 0 Å². The lowest BCUT2D eigenvalue weighted by Crippen LogP contribution is -2.43. The Kier molecular flexibility index (Phi) is 4.40. The van der Waals surface area contributed by atoms with Crippen LogP contribution in [0.25, 0.3) is 0 Å². The predicted molar refractivity (Wildman–Crippen MR) is 72.3 cm³/mol. The zero-order valence-electron chi connectivity index (χ0n) is 11.8. The molecule has 2 atom stereocenters. The Hall–Kier alpha value is -0.870. The summed E-state index contributed by atoms with van der Waals surface area (Å²) in [6.45, 7) is 2.99. The maximum atomic E-state index is 10.1. The van der Waals surface area contributed by atoms with Gasteiger partial charge >= 0.3 is 0 Å². The second-order valence-corrected chi connectivity index (χ2v) is 5.44. The van der Waals surface area contributed by atoms with Crippen molar-refractivity contribution >= 4 is 0 Å². The van der Waals surface area contributed by atoms with Crippen molar-refractivity contribution in [2.75, 3.05) is 7.05 Å². The Bertz CT molecular complexity index is 388. The number of nitrogens with zero attached hydrogens (tertiary/aromatic N) is 3. The molecule has 1 N–H and O–H groups in total. The van der Waals surface area contributed by atoms with Crippen molar-refractivity contribution < 1.29 is 5.11 Å². The summed E-state index contributed by atoms with van der Waals surface area (Å²) in [4.78, 5) is 2.28. The van der Waals surface area contributed by atoms with E-state index in [0.29, 0.717) is 6.04 Å². The van der Waals surface area contributed by atoms with Gasteiger partial charge in [-0.25, -0.2) is 0 Å². The number of hydrogen-bond acceptors (Lipinski definition) is 3. The Labute approximate surface area is 110 Å². The number of hydrogen-bond donors (Lipinski definition) is 1. The topological polar surface area (TPSA) is 41.3 Å². The fourth-order valence-corrected chi connectivity index (χ4v) is 2.87. The normalized spacial score (nSPS) is 24.7. The van der Waals surface area contributed by atoms with Crippen molar-refractivity contribution in [2.24, 2.45) is 7.05 Å². The third kappa shape index (κ3) is 2.93. The van der Waals surface area contributed by atoms with Crippen LogP contribution in [0.15, 0.2) is 6.07 Å². The summed E-state index contributed by atoms with van der Waals surface area (Å²) in [6, 6.07) is 2.48. The maximum Gasteiger partial charge on any atom is 0.0695 e. The summed E-state index contributed by atoms with van der Waals surface area (Å²) in [6.07, 6.45) is 5.26. The first-order chi connectivity index (χ1) is 8.61. The van der Waals surface area contributed by atoms with E-state index in [2.05, 4.69) is 30.0 Å². The van der Waals surface area contributed by atoms with Gasteiger partial charge < -0.3 is 5.11 Å². The highest BCUT2D eigenvalue weighted by Gasteiger charge is 2.26. The number of likely N-dealkylation sites (N-methyl/N-ethyl adjacent to an activating group) is 1. The van der Waals surface area contributed by atoms with Gasteiger partial charge in [0.15, 0.2) is 0 Å². The van der Waals surface area contributed by atoms with Crippen LogP contribution in [0, 0.1) is 0 Å². The minimum absolute atomic E-state index is 0.164. The molecule has 1 heterocycles. The number of aryl methyl sites for hydroxylation is 2. The van der Waals surface area contributed by atoms with Gasteiger partial charge in [0, 0.05) is 19.6 Å². The molecule has 4 heteroatoms. The van der Waals surface area contributed by atoms with Crippen LogP contribution in [-0.2, 0) is 20.0 Å². The summed E-state index contributed by atoms with van der Waals surface area (Å²) in [5.74, 6) is 0. The highest BCUT2D eigenvalue weighted by atomic mass is 16.3. The van der Waals surface area contributed by atoms with Gasteiger partial charge in [0.2, 0.25) is 0 Å². The lowest BCUT2D eigenvalue weighted by Gasteiger charge is -2.35. The summed E-state index contributed by atoms with van der Waals surface area (Å²) in [5, 5.41) is 14.5. The molecule has 1 fully saturated rings. The van der Waals surface area contributed by atoms with Crippen molar-refractivity contribution in [3.63, 3.8) is 0 Å². The molecule has 102 valence electrons. The number of aromatic nitrogens is 2. The average Bonchev–Trinajstić information content (AvgIpc) is 2.70.